The van der Waals surface area contributed by atoms with E-state index >= 15 is 0 Å². The second-order valence-electron chi connectivity index (χ2n) is 6.66. The number of nitrogens with one attached hydrogen (secondary N) is 1. The molecule has 7 heteroatoms. The van der Waals surface area contributed by atoms with Crippen molar-refractivity contribution < 1.29 is 24.7 Å². The molecule has 2 aromatic rings. The summed E-state index contributed by atoms with van der Waals surface area (Å²) < 4.78 is 16.5. The summed E-state index contributed by atoms with van der Waals surface area (Å²) in [6.45, 7) is 0.200. The van der Waals surface area contributed by atoms with Gasteiger partial charge >= 0.3 is 0 Å². The lowest BCUT2D eigenvalue weighted by Gasteiger charge is -2.25. The molecule has 26 heavy (non-hydrogen) atoms. The van der Waals surface area contributed by atoms with Gasteiger partial charge < -0.3 is 25.3 Å². The Morgan fingerprint density at radius 2 is 1.96 bits per heavy atom. The van der Waals surface area contributed by atoms with Crippen molar-refractivity contribution in [2.75, 3.05) is 6.79 Å². The van der Waals surface area contributed by atoms with E-state index < -0.39 is 0 Å². The zero-order valence-corrected chi connectivity index (χ0v) is 14.4. The fraction of sp³-hybridized carbons (Fsp3) is 0.368. The molecule has 1 fully saturated rings. The van der Waals surface area contributed by atoms with Gasteiger partial charge in [0.15, 0.2) is 11.5 Å². The summed E-state index contributed by atoms with van der Waals surface area (Å²) in [5.74, 6) is 1.95. The van der Waals surface area contributed by atoms with Crippen LogP contribution in [-0.2, 0) is 0 Å². The van der Waals surface area contributed by atoms with Crippen molar-refractivity contribution in [3.05, 3.63) is 42.1 Å². The number of hydrogen-bond acceptors (Lipinski definition) is 5. The highest BCUT2D eigenvalue weighted by Gasteiger charge is 2.24. The molecule has 4 rings (SSSR count). The van der Waals surface area contributed by atoms with Crippen LogP contribution < -0.4 is 25.3 Å². The Kier molecular flexibility index (Phi) is 4.62. The largest absolute Gasteiger partial charge is 0.454 e. The predicted octanol–water partition coefficient (Wildman–Crippen LogP) is 1.89. The molecule has 1 amide bonds. The summed E-state index contributed by atoms with van der Waals surface area (Å²) >= 11 is 0. The average molecular weight is 356 g/mol. The van der Waals surface area contributed by atoms with Gasteiger partial charge in [-0.05, 0) is 37.1 Å². The molecule has 7 nitrogen and oxygen atoms in total. The molecule has 0 unspecified atom stereocenters. The molecule has 4 N–H and O–H groups in total. The highest BCUT2D eigenvalue weighted by molar-refractivity contribution is 5.96. The number of carbonyl (C=O) groups is 1. The van der Waals surface area contributed by atoms with Gasteiger partial charge in [0.1, 0.15) is 11.3 Å². The Labute approximate surface area is 151 Å². The Balaban J connectivity index is 1.48. The molecule has 1 saturated carbocycles. The number of pyridine rings is 1. The molecule has 136 valence electrons. The normalized spacial score (nSPS) is 21.3. The van der Waals surface area contributed by atoms with Crippen molar-refractivity contribution >= 4 is 5.91 Å². The van der Waals surface area contributed by atoms with Crippen LogP contribution in [0, 0.1) is 0 Å². The molecular weight excluding hydrogens is 334 g/mol. The highest BCUT2D eigenvalue weighted by atomic mass is 16.7. The van der Waals surface area contributed by atoms with E-state index in [9.17, 15) is 4.79 Å². The number of benzene rings is 1. The SMILES string of the molecule is [NH3+]C1CCC(NC(=O)c2cccnc2Oc2ccc3c(c2)OCO3)CC1. The maximum absolute atomic E-state index is 12.7. The van der Waals surface area contributed by atoms with Gasteiger partial charge in [-0.25, -0.2) is 4.98 Å². The van der Waals surface area contributed by atoms with Crippen LogP contribution in [-0.4, -0.2) is 29.8 Å². The molecule has 0 atom stereocenters. The average Bonchev–Trinajstić information content (AvgIpc) is 3.12. The topological polar surface area (TPSA) is 97.3 Å². The van der Waals surface area contributed by atoms with Crippen molar-refractivity contribution in [2.24, 2.45) is 0 Å². The fourth-order valence-electron chi connectivity index (χ4n) is 3.27. The molecule has 2 heterocycles. The quantitative estimate of drug-likeness (QED) is 0.872. The second kappa shape index (κ2) is 7.21. The summed E-state index contributed by atoms with van der Waals surface area (Å²) in [6.07, 6.45) is 5.60. The van der Waals surface area contributed by atoms with Crippen LogP contribution in [0.15, 0.2) is 36.5 Å². The Morgan fingerprint density at radius 1 is 1.15 bits per heavy atom. The Morgan fingerprint density at radius 3 is 2.81 bits per heavy atom. The van der Waals surface area contributed by atoms with Gasteiger partial charge in [0, 0.05) is 31.1 Å². The van der Waals surface area contributed by atoms with E-state index in [1.807, 2.05) is 0 Å². The van der Waals surface area contributed by atoms with Gasteiger partial charge in [0.25, 0.3) is 5.91 Å². The first-order valence-electron chi connectivity index (χ1n) is 8.85. The summed E-state index contributed by atoms with van der Waals surface area (Å²) in [5.41, 5.74) is 4.51. The van der Waals surface area contributed by atoms with E-state index in [0.717, 1.165) is 25.7 Å². The number of rotatable bonds is 4. The first-order valence-corrected chi connectivity index (χ1v) is 8.85. The Bertz CT molecular complexity index is 803. The first-order chi connectivity index (χ1) is 12.7. The van der Waals surface area contributed by atoms with Gasteiger partial charge in [-0.3, -0.25) is 4.79 Å². The minimum atomic E-state index is -0.165. The van der Waals surface area contributed by atoms with Crippen LogP contribution >= 0.6 is 0 Å². The lowest BCUT2D eigenvalue weighted by molar-refractivity contribution is -0.425. The van der Waals surface area contributed by atoms with Crippen molar-refractivity contribution in [2.45, 2.75) is 37.8 Å². The maximum Gasteiger partial charge on any atom is 0.257 e. The third kappa shape index (κ3) is 3.57. The van der Waals surface area contributed by atoms with Crippen LogP contribution in [0.5, 0.6) is 23.1 Å². The van der Waals surface area contributed by atoms with Crippen molar-refractivity contribution in [3.63, 3.8) is 0 Å². The van der Waals surface area contributed by atoms with Crippen LogP contribution in [0.4, 0.5) is 0 Å². The number of aromatic nitrogens is 1. The second-order valence-corrected chi connectivity index (χ2v) is 6.66. The third-order valence-electron chi connectivity index (χ3n) is 4.76. The van der Waals surface area contributed by atoms with E-state index in [0.29, 0.717) is 28.9 Å². The van der Waals surface area contributed by atoms with Gasteiger partial charge in [-0.2, -0.15) is 0 Å². The number of fused-ring (bicyclic) bond motifs is 1. The van der Waals surface area contributed by atoms with Gasteiger partial charge in [-0.15, -0.1) is 0 Å². The molecule has 1 aliphatic carbocycles. The molecule has 1 aromatic carbocycles. The molecule has 1 aliphatic heterocycles. The summed E-state index contributed by atoms with van der Waals surface area (Å²) in [6, 6.07) is 9.39. The molecule has 0 radical (unpaired) electrons. The lowest BCUT2D eigenvalue weighted by Crippen LogP contribution is -2.62. The first kappa shape index (κ1) is 16.7. The van der Waals surface area contributed by atoms with Gasteiger partial charge in [0.05, 0.1) is 6.04 Å². The minimum absolute atomic E-state index is 0.165. The zero-order chi connectivity index (χ0) is 17.9. The van der Waals surface area contributed by atoms with Gasteiger partial charge in [-0.1, -0.05) is 0 Å². The smallest absolute Gasteiger partial charge is 0.257 e. The number of amides is 1. The molecular formula is C19H22N3O4+. The van der Waals surface area contributed by atoms with E-state index in [2.05, 4.69) is 16.0 Å². The van der Waals surface area contributed by atoms with Crippen LogP contribution in [0.2, 0.25) is 0 Å². The highest BCUT2D eigenvalue weighted by Crippen LogP contribution is 2.36. The zero-order valence-electron chi connectivity index (χ0n) is 14.4. The summed E-state index contributed by atoms with van der Waals surface area (Å²) in [7, 11) is 0. The molecule has 0 spiro atoms. The number of hydrogen-bond donors (Lipinski definition) is 2. The number of nitrogens with zero attached hydrogens (tertiary/aromatic N) is 1. The van der Waals surface area contributed by atoms with E-state index in [1.165, 1.54) is 0 Å². The minimum Gasteiger partial charge on any atom is -0.454 e. The number of ether oxygens (including phenoxy) is 3. The van der Waals surface area contributed by atoms with Crippen molar-refractivity contribution in [3.8, 4) is 23.1 Å². The molecule has 0 saturated heterocycles. The number of quaternary nitrogens is 1. The third-order valence-corrected chi connectivity index (χ3v) is 4.76. The van der Waals surface area contributed by atoms with Crippen molar-refractivity contribution in [1.82, 2.24) is 10.3 Å². The molecule has 1 aromatic heterocycles. The fourth-order valence-corrected chi connectivity index (χ4v) is 3.27. The molecule has 2 aliphatic rings. The summed E-state index contributed by atoms with van der Waals surface area (Å²) in [4.78, 5) is 16.9. The van der Waals surface area contributed by atoms with E-state index in [1.54, 1.807) is 36.5 Å². The van der Waals surface area contributed by atoms with Gasteiger partial charge in [0.2, 0.25) is 12.7 Å². The molecule has 0 bridgehead atoms. The van der Waals surface area contributed by atoms with Crippen LogP contribution in [0.25, 0.3) is 0 Å². The van der Waals surface area contributed by atoms with E-state index in [4.69, 9.17) is 14.2 Å². The standard InChI is InChI=1S/C19H21N3O4/c20-12-3-5-13(6-4-12)22-18(23)15-2-1-9-21-19(15)26-14-7-8-16-17(10-14)25-11-24-16/h1-2,7-10,12-13H,3-6,11,20H2,(H,22,23)/p+1. The summed E-state index contributed by atoms with van der Waals surface area (Å²) in [5, 5.41) is 3.09. The monoisotopic (exact) mass is 356 g/mol. The van der Waals surface area contributed by atoms with Crippen LogP contribution in [0.1, 0.15) is 36.0 Å². The lowest BCUT2D eigenvalue weighted by atomic mass is 9.91. The van der Waals surface area contributed by atoms with E-state index in [-0.39, 0.29) is 24.6 Å². The Hall–Kier alpha value is -2.80. The van der Waals surface area contributed by atoms with Crippen molar-refractivity contribution in [1.29, 1.82) is 0 Å². The maximum atomic E-state index is 12.7. The van der Waals surface area contributed by atoms with Crippen LogP contribution in [0.3, 0.4) is 0 Å². The predicted molar refractivity (Wildman–Crippen MR) is 93.3 cm³/mol. The number of carbonyl (C=O) groups excluding carboxylic acids is 1.